The van der Waals surface area contributed by atoms with Crippen LogP contribution in [0, 0.1) is 0 Å². The van der Waals surface area contributed by atoms with Crippen molar-refractivity contribution in [1.29, 1.82) is 0 Å². The molecule has 10 heavy (non-hydrogen) atoms. The van der Waals surface area contributed by atoms with Crippen LogP contribution in [0.4, 0.5) is 0 Å². The van der Waals surface area contributed by atoms with E-state index in [1.165, 1.54) is 4.90 Å². The Morgan fingerprint density at radius 1 is 1.40 bits per heavy atom. The molecule has 0 aromatic carbocycles. The van der Waals surface area contributed by atoms with Crippen molar-refractivity contribution in [3.05, 3.63) is 12.3 Å². The summed E-state index contributed by atoms with van der Waals surface area (Å²) in [6, 6.07) is 0. The topological polar surface area (TPSA) is 23.6 Å². The molecule has 0 bridgehead atoms. The SMILES string of the molecule is C=C1C(=O)N(C)C(=S)N1C. The van der Waals surface area contributed by atoms with Crippen LogP contribution in [-0.4, -0.2) is 34.9 Å². The van der Waals surface area contributed by atoms with E-state index in [1.807, 2.05) is 0 Å². The molecule has 1 aliphatic heterocycles. The molecule has 0 spiro atoms. The van der Waals surface area contributed by atoms with E-state index in [9.17, 15) is 4.79 Å². The molecule has 0 saturated carbocycles. The lowest BCUT2D eigenvalue weighted by atomic mass is 10.5. The quantitative estimate of drug-likeness (QED) is 0.369. The lowest BCUT2D eigenvalue weighted by Gasteiger charge is -2.09. The van der Waals surface area contributed by atoms with Crippen molar-refractivity contribution in [1.82, 2.24) is 9.80 Å². The fraction of sp³-hybridized carbons (Fsp3) is 0.333. The summed E-state index contributed by atoms with van der Waals surface area (Å²) in [5, 5.41) is 0.509. The number of hydrogen-bond acceptors (Lipinski definition) is 2. The van der Waals surface area contributed by atoms with Gasteiger partial charge in [-0.2, -0.15) is 0 Å². The van der Waals surface area contributed by atoms with Crippen molar-refractivity contribution in [3.8, 4) is 0 Å². The summed E-state index contributed by atoms with van der Waals surface area (Å²) in [7, 11) is 3.37. The maximum Gasteiger partial charge on any atom is 0.275 e. The molecule has 0 N–H and O–H groups in total. The van der Waals surface area contributed by atoms with E-state index >= 15 is 0 Å². The van der Waals surface area contributed by atoms with Gasteiger partial charge < -0.3 is 4.90 Å². The maximum absolute atomic E-state index is 11.0. The standard InChI is InChI=1S/C6H8N2OS/c1-4-5(9)8(3)6(10)7(4)2/h1H2,2-3H3. The average Bonchev–Trinajstić information content (AvgIpc) is 2.07. The fourth-order valence-electron chi connectivity index (χ4n) is 0.764. The van der Waals surface area contributed by atoms with Crippen LogP contribution < -0.4 is 0 Å². The van der Waals surface area contributed by atoms with Gasteiger partial charge in [-0.1, -0.05) is 6.58 Å². The maximum atomic E-state index is 11.0. The molecule has 1 aliphatic rings. The Kier molecular flexibility index (Phi) is 1.48. The Morgan fingerprint density at radius 2 is 1.90 bits per heavy atom. The molecule has 0 atom stereocenters. The summed E-state index contributed by atoms with van der Waals surface area (Å²) in [4.78, 5) is 14.0. The van der Waals surface area contributed by atoms with Crippen molar-refractivity contribution >= 4 is 23.2 Å². The highest BCUT2D eigenvalue weighted by Crippen LogP contribution is 2.14. The molecule has 1 fully saturated rings. The molecule has 0 radical (unpaired) electrons. The molecule has 4 heteroatoms. The minimum Gasteiger partial charge on any atom is -0.317 e. The lowest BCUT2D eigenvalue weighted by Crippen LogP contribution is -2.26. The first-order chi connectivity index (χ1) is 4.55. The van der Waals surface area contributed by atoms with E-state index in [2.05, 4.69) is 6.58 Å². The van der Waals surface area contributed by atoms with Crippen LogP contribution in [0.2, 0.25) is 0 Å². The molecule has 1 saturated heterocycles. The molecule has 3 nitrogen and oxygen atoms in total. The molecule has 1 rings (SSSR count). The van der Waals surface area contributed by atoms with Crippen LogP contribution in [0.3, 0.4) is 0 Å². The van der Waals surface area contributed by atoms with Crippen LogP contribution in [0.15, 0.2) is 12.3 Å². The zero-order chi connectivity index (χ0) is 7.89. The summed E-state index contributed by atoms with van der Waals surface area (Å²) in [5.74, 6) is -0.118. The summed E-state index contributed by atoms with van der Waals surface area (Å²) < 4.78 is 0. The molecule has 54 valence electrons. The normalized spacial score (nSPS) is 19.2. The third-order valence-electron chi connectivity index (χ3n) is 1.53. The second-order valence-electron chi connectivity index (χ2n) is 2.15. The predicted octanol–water partition coefficient (Wildman–Crippen LogP) is 0.189. The van der Waals surface area contributed by atoms with Gasteiger partial charge in [-0.05, 0) is 12.2 Å². The number of likely N-dealkylation sites (N-methyl/N-ethyl adjacent to an activating group) is 2. The minimum atomic E-state index is -0.118. The highest BCUT2D eigenvalue weighted by atomic mass is 32.1. The third kappa shape index (κ3) is 0.724. The van der Waals surface area contributed by atoms with Crippen molar-refractivity contribution < 1.29 is 4.79 Å². The zero-order valence-corrected chi connectivity index (χ0v) is 6.73. The second kappa shape index (κ2) is 2.05. The van der Waals surface area contributed by atoms with Crippen molar-refractivity contribution in [2.75, 3.05) is 14.1 Å². The first-order valence-electron chi connectivity index (χ1n) is 2.80. The highest BCUT2D eigenvalue weighted by Gasteiger charge is 2.30. The van der Waals surface area contributed by atoms with Gasteiger partial charge in [-0.15, -0.1) is 0 Å². The number of amides is 1. The number of hydrogen-bond donors (Lipinski definition) is 0. The van der Waals surface area contributed by atoms with E-state index in [0.717, 1.165) is 0 Å². The summed E-state index contributed by atoms with van der Waals surface area (Å²) in [5.41, 5.74) is 0.438. The van der Waals surface area contributed by atoms with Crippen LogP contribution in [0.1, 0.15) is 0 Å². The first-order valence-corrected chi connectivity index (χ1v) is 3.21. The molecule has 0 aromatic rings. The average molecular weight is 156 g/mol. The van der Waals surface area contributed by atoms with Gasteiger partial charge in [-0.3, -0.25) is 9.69 Å². The van der Waals surface area contributed by atoms with Gasteiger partial charge in [0.05, 0.1) is 0 Å². The fourth-order valence-corrected chi connectivity index (χ4v) is 0.957. The van der Waals surface area contributed by atoms with Gasteiger partial charge >= 0.3 is 0 Å². The largest absolute Gasteiger partial charge is 0.317 e. The Bertz CT molecular complexity index is 202. The molecule has 1 amide bonds. The third-order valence-corrected chi connectivity index (χ3v) is 2.08. The Hall–Kier alpha value is -0.900. The Balaban J connectivity index is 3.00. The van der Waals surface area contributed by atoms with Gasteiger partial charge in [0.2, 0.25) is 0 Å². The molecule has 1 heterocycles. The van der Waals surface area contributed by atoms with Crippen LogP contribution in [-0.2, 0) is 4.79 Å². The molecule has 0 aliphatic carbocycles. The van der Waals surface area contributed by atoms with Gasteiger partial charge in [-0.25, -0.2) is 0 Å². The van der Waals surface area contributed by atoms with Crippen molar-refractivity contribution in [2.45, 2.75) is 0 Å². The van der Waals surface area contributed by atoms with Crippen LogP contribution >= 0.6 is 12.2 Å². The number of thiocarbonyl (C=S) groups is 1. The van der Waals surface area contributed by atoms with E-state index in [1.54, 1.807) is 19.0 Å². The Morgan fingerprint density at radius 3 is 2.00 bits per heavy atom. The minimum absolute atomic E-state index is 0.118. The van der Waals surface area contributed by atoms with Crippen LogP contribution in [0.25, 0.3) is 0 Å². The number of carbonyl (C=O) groups is 1. The lowest BCUT2D eigenvalue weighted by molar-refractivity contribution is -0.121. The zero-order valence-electron chi connectivity index (χ0n) is 5.92. The second-order valence-corrected chi connectivity index (χ2v) is 2.52. The predicted molar refractivity (Wildman–Crippen MR) is 42.3 cm³/mol. The van der Waals surface area contributed by atoms with E-state index in [-0.39, 0.29) is 5.91 Å². The molecule has 0 aromatic heterocycles. The molecule has 0 unspecified atom stereocenters. The molecular weight excluding hydrogens is 148 g/mol. The van der Waals surface area contributed by atoms with Gasteiger partial charge in [0.1, 0.15) is 5.70 Å². The molecular formula is C6H8N2OS. The van der Waals surface area contributed by atoms with Gasteiger partial charge in [0.25, 0.3) is 5.91 Å². The smallest absolute Gasteiger partial charge is 0.275 e. The van der Waals surface area contributed by atoms with Crippen molar-refractivity contribution in [3.63, 3.8) is 0 Å². The Labute approximate surface area is 64.9 Å². The van der Waals surface area contributed by atoms with E-state index in [4.69, 9.17) is 12.2 Å². The summed E-state index contributed by atoms with van der Waals surface area (Å²) >= 11 is 4.89. The summed E-state index contributed by atoms with van der Waals surface area (Å²) in [6.45, 7) is 3.56. The van der Waals surface area contributed by atoms with Crippen molar-refractivity contribution in [2.24, 2.45) is 0 Å². The highest BCUT2D eigenvalue weighted by molar-refractivity contribution is 7.80. The van der Waals surface area contributed by atoms with Gasteiger partial charge in [0.15, 0.2) is 5.11 Å². The van der Waals surface area contributed by atoms with E-state index in [0.29, 0.717) is 10.8 Å². The van der Waals surface area contributed by atoms with E-state index < -0.39 is 0 Å². The van der Waals surface area contributed by atoms with Gasteiger partial charge in [0, 0.05) is 14.1 Å². The first kappa shape index (κ1) is 7.21. The number of rotatable bonds is 0. The monoisotopic (exact) mass is 156 g/mol. The summed E-state index contributed by atoms with van der Waals surface area (Å²) in [6.07, 6.45) is 0. The number of nitrogens with zero attached hydrogens (tertiary/aromatic N) is 2. The van der Waals surface area contributed by atoms with Crippen LogP contribution in [0.5, 0.6) is 0 Å². The number of carbonyl (C=O) groups excluding carboxylic acids is 1.